The van der Waals surface area contributed by atoms with Gasteiger partial charge in [-0.1, -0.05) is 0 Å². The summed E-state index contributed by atoms with van der Waals surface area (Å²) in [4.78, 5) is 0. The van der Waals surface area contributed by atoms with Gasteiger partial charge in [0.05, 0.1) is 12.7 Å². The van der Waals surface area contributed by atoms with Crippen LogP contribution in [0.3, 0.4) is 0 Å². The molecule has 0 aromatic carbocycles. The summed E-state index contributed by atoms with van der Waals surface area (Å²) in [5, 5.41) is 0. The fraction of sp³-hybridized carbons (Fsp3) is 1.00. The maximum atomic E-state index is 6.10. The van der Waals surface area contributed by atoms with Gasteiger partial charge in [0.15, 0.2) is 0 Å². The van der Waals surface area contributed by atoms with Crippen LogP contribution in [-0.4, -0.2) is 50.3 Å². The largest absolute Gasteiger partial charge is 0.381 e. The van der Waals surface area contributed by atoms with E-state index in [0.29, 0.717) is 6.61 Å². The SMILES string of the molecule is COC[C@]12O[C@@H](C)C(OC13CC3)C2OC. The van der Waals surface area contributed by atoms with Gasteiger partial charge in [-0.3, -0.25) is 0 Å². The Morgan fingerprint density at radius 1 is 1.27 bits per heavy atom. The molecule has 2 bridgehead atoms. The van der Waals surface area contributed by atoms with E-state index in [4.69, 9.17) is 18.9 Å². The van der Waals surface area contributed by atoms with E-state index in [1.165, 1.54) is 0 Å². The van der Waals surface area contributed by atoms with Crippen LogP contribution in [0, 0.1) is 0 Å². The summed E-state index contributed by atoms with van der Waals surface area (Å²) in [7, 11) is 3.44. The topological polar surface area (TPSA) is 36.9 Å². The first-order valence-corrected chi connectivity index (χ1v) is 5.56. The monoisotopic (exact) mass is 214 g/mol. The van der Waals surface area contributed by atoms with Crippen molar-refractivity contribution >= 4 is 0 Å². The summed E-state index contributed by atoms with van der Waals surface area (Å²) in [6.07, 6.45) is 2.35. The molecular weight excluding hydrogens is 196 g/mol. The van der Waals surface area contributed by atoms with E-state index in [1.54, 1.807) is 14.2 Å². The van der Waals surface area contributed by atoms with Gasteiger partial charge >= 0.3 is 0 Å². The quantitative estimate of drug-likeness (QED) is 0.694. The van der Waals surface area contributed by atoms with Crippen molar-refractivity contribution in [2.45, 2.75) is 49.3 Å². The van der Waals surface area contributed by atoms with Crippen molar-refractivity contribution in [2.24, 2.45) is 0 Å². The van der Waals surface area contributed by atoms with Gasteiger partial charge in [-0.05, 0) is 19.8 Å². The van der Waals surface area contributed by atoms with Crippen molar-refractivity contribution in [1.82, 2.24) is 0 Å². The minimum atomic E-state index is -0.361. The Kier molecular flexibility index (Phi) is 1.97. The van der Waals surface area contributed by atoms with Crippen LogP contribution in [-0.2, 0) is 18.9 Å². The van der Waals surface area contributed by atoms with Crippen LogP contribution in [0.1, 0.15) is 19.8 Å². The summed E-state index contributed by atoms with van der Waals surface area (Å²) in [5.41, 5.74) is -0.471. The van der Waals surface area contributed by atoms with E-state index in [1.807, 2.05) is 6.92 Å². The molecule has 4 heteroatoms. The zero-order valence-corrected chi connectivity index (χ0v) is 9.49. The van der Waals surface area contributed by atoms with Crippen molar-refractivity contribution in [1.29, 1.82) is 0 Å². The Bertz CT molecular complexity index is 276. The molecule has 2 saturated heterocycles. The predicted octanol–water partition coefficient (Wildman–Crippen LogP) is 0.737. The highest BCUT2D eigenvalue weighted by molar-refractivity contribution is 5.26. The fourth-order valence-corrected chi connectivity index (χ4v) is 3.30. The maximum Gasteiger partial charge on any atom is 0.149 e. The van der Waals surface area contributed by atoms with Crippen LogP contribution in [0.5, 0.6) is 0 Å². The minimum absolute atomic E-state index is 0.0231. The van der Waals surface area contributed by atoms with Gasteiger partial charge in [-0.25, -0.2) is 0 Å². The second-order valence-electron chi connectivity index (χ2n) is 4.88. The second kappa shape index (κ2) is 2.94. The third kappa shape index (κ3) is 1.01. The molecule has 2 unspecified atom stereocenters. The van der Waals surface area contributed by atoms with Crippen LogP contribution in [0.25, 0.3) is 0 Å². The Morgan fingerprint density at radius 3 is 2.53 bits per heavy atom. The molecule has 3 rings (SSSR count). The lowest BCUT2D eigenvalue weighted by molar-refractivity contribution is -0.212. The van der Waals surface area contributed by atoms with Crippen LogP contribution >= 0.6 is 0 Å². The van der Waals surface area contributed by atoms with E-state index in [0.717, 1.165) is 12.8 Å². The minimum Gasteiger partial charge on any atom is -0.381 e. The average Bonchev–Trinajstić information content (AvgIpc) is 2.85. The molecule has 1 aliphatic carbocycles. The van der Waals surface area contributed by atoms with Crippen molar-refractivity contribution in [3.8, 4) is 0 Å². The van der Waals surface area contributed by atoms with Crippen molar-refractivity contribution < 1.29 is 18.9 Å². The zero-order valence-electron chi connectivity index (χ0n) is 9.49. The molecule has 4 atom stereocenters. The summed E-state index contributed by atoms with van der Waals surface area (Å²) >= 11 is 0. The molecule has 1 saturated carbocycles. The first-order valence-electron chi connectivity index (χ1n) is 5.56. The Morgan fingerprint density at radius 2 is 2.00 bits per heavy atom. The molecule has 0 N–H and O–H groups in total. The van der Waals surface area contributed by atoms with Gasteiger partial charge in [-0.2, -0.15) is 0 Å². The molecule has 0 aromatic rings. The van der Waals surface area contributed by atoms with Crippen molar-refractivity contribution in [3.05, 3.63) is 0 Å². The van der Waals surface area contributed by atoms with Crippen LogP contribution in [0.4, 0.5) is 0 Å². The fourth-order valence-electron chi connectivity index (χ4n) is 3.30. The molecule has 4 nitrogen and oxygen atoms in total. The van der Waals surface area contributed by atoms with Crippen molar-refractivity contribution in [3.63, 3.8) is 0 Å². The maximum absolute atomic E-state index is 6.10. The summed E-state index contributed by atoms with van der Waals surface area (Å²) in [5.74, 6) is 0. The molecule has 2 aliphatic heterocycles. The van der Waals surface area contributed by atoms with E-state index >= 15 is 0 Å². The van der Waals surface area contributed by atoms with Gasteiger partial charge < -0.3 is 18.9 Å². The number of ether oxygens (including phenoxy) is 4. The normalized spacial score (nSPS) is 50.2. The lowest BCUT2D eigenvalue weighted by atomic mass is 9.91. The standard InChI is InChI=1S/C11H18O4/c1-7-8-9(13-3)11(14-7,6-12-2)10(15-8)4-5-10/h7-9H,4-6H2,1-3H3/t7-,8?,9?,11+/m0/s1. The van der Waals surface area contributed by atoms with Crippen LogP contribution in [0.2, 0.25) is 0 Å². The molecule has 2 heterocycles. The van der Waals surface area contributed by atoms with E-state index in [-0.39, 0.29) is 29.5 Å². The highest BCUT2D eigenvalue weighted by Crippen LogP contribution is 2.62. The molecule has 15 heavy (non-hydrogen) atoms. The smallest absolute Gasteiger partial charge is 0.149 e. The highest BCUT2D eigenvalue weighted by atomic mass is 16.7. The van der Waals surface area contributed by atoms with Crippen LogP contribution < -0.4 is 0 Å². The number of hydrogen-bond donors (Lipinski definition) is 0. The lowest BCUT2D eigenvalue weighted by Gasteiger charge is -2.37. The predicted molar refractivity (Wildman–Crippen MR) is 52.8 cm³/mol. The molecule has 0 radical (unpaired) electrons. The van der Waals surface area contributed by atoms with Crippen molar-refractivity contribution in [2.75, 3.05) is 20.8 Å². The summed E-state index contributed by atoms with van der Waals surface area (Å²) < 4.78 is 23.1. The number of methoxy groups -OCH3 is 2. The number of rotatable bonds is 3. The first-order chi connectivity index (χ1) is 7.19. The third-order valence-corrected chi connectivity index (χ3v) is 4.07. The molecule has 0 amide bonds. The molecule has 3 fully saturated rings. The van der Waals surface area contributed by atoms with Gasteiger partial charge in [0.2, 0.25) is 0 Å². The number of hydrogen-bond acceptors (Lipinski definition) is 4. The molecule has 0 aromatic heterocycles. The first kappa shape index (κ1) is 10.0. The zero-order chi connectivity index (χ0) is 10.7. The van der Waals surface area contributed by atoms with E-state index in [9.17, 15) is 0 Å². The van der Waals surface area contributed by atoms with Gasteiger partial charge in [-0.15, -0.1) is 0 Å². The molecular formula is C11H18O4. The Hall–Kier alpha value is -0.160. The lowest BCUT2D eigenvalue weighted by Crippen LogP contribution is -2.53. The Labute approximate surface area is 89.8 Å². The van der Waals surface area contributed by atoms with E-state index < -0.39 is 0 Å². The van der Waals surface area contributed by atoms with Gasteiger partial charge in [0.1, 0.15) is 23.4 Å². The highest BCUT2D eigenvalue weighted by Gasteiger charge is 2.77. The Balaban J connectivity index is 1.97. The van der Waals surface area contributed by atoms with E-state index in [2.05, 4.69) is 0 Å². The molecule has 86 valence electrons. The van der Waals surface area contributed by atoms with Gasteiger partial charge in [0.25, 0.3) is 0 Å². The number of fused-ring (bicyclic) bond motifs is 3. The third-order valence-electron chi connectivity index (χ3n) is 4.07. The second-order valence-corrected chi connectivity index (χ2v) is 4.88. The summed E-state index contributed by atoms with van der Waals surface area (Å²) in [6, 6.07) is 0. The van der Waals surface area contributed by atoms with Gasteiger partial charge in [0, 0.05) is 14.2 Å². The molecule has 3 aliphatic rings. The molecule has 1 spiro atoms. The average molecular weight is 214 g/mol. The summed E-state index contributed by atoms with van der Waals surface area (Å²) in [6.45, 7) is 2.61. The van der Waals surface area contributed by atoms with Crippen LogP contribution in [0.15, 0.2) is 0 Å².